The number of carbonyl (C=O) groups excluding carboxylic acids is 1. The number of rotatable bonds is 4. The molecule has 2 aromatic carbocycles. The van der Waals surface area contributed by atoms with E-state index in [-0.39, 0.29) is 0 Å². The Balaban J connectivity index is 2.28. The summed E-state index contributed by atoms with van der Waals surface area (Å²) in [6.45, 7) is 0. The molecule has 1 amide bonds. The fourth-order valence-electron chi connectivity index (χ4n) is 1.82. The van der Waals surface area contributed by atoms with Gasteiger partial charge < -0.3 is 10.4 Å². The molecule has 0 aliphatic carbocycles. The van der Waals surface area contributed by atoms with E-state index >= 15 is 0 Å². The quantitative estimate of drug-likeness (QED) is 0.909. The van der Waals surface area contributed by atoms with Gasteiger partial charge in [-0.1, -0.05) is 36.4 Å². The number of halogens is 2. The third kappa shape index (κ3) is 3.22. The minimum Gasteiger partial charge on any atom is -0.479 e. The van der Waals surface area contributed by atoms with E-state index in [1.54, 1.807) is 18.2 Å². The lowest BCUT2D eigenvalue weighted by Gasteiger charge is -2.15. The van der Waals surface area contributed by atoms with Crippen molar-refractivity contribution in [3.63, 3.8) is 0 Å². The number of amides is 1. The first-order valence-corrected chi connectivity index (χ1v) is 6.03. The lowest BCUT2D eigenvalue weighted by atomic mass is 10.1. The van der Waals surface area contributed by atoms with Gasteiger partial charge in [0.15, 0.2) is 17.7 Å². The van der Waals surface area contributed by atoms with Crippen LogP contribution in [-0.2, 0) is 4.79 Å². The maximum Gasteiger partial charge on any atom is 0.330 e. The van der Waals surface area contributed by atoms with Crippen LogP contribution in [0.4, 0.5) is 8.78 Å². The zero-order valence-corrected chi connectivity index (χ0v) is 10.7. The summed E-state index contributed by atoms with van der Waals surface area (Å²) >= 11 is 0. The molecule has 0 aliphatic heterocycles. The molecule has 0 saturated heterocycles. The first kappa shape index (κ1) is 14.6. The SMILES string of the molecule is O=C(N[C@@H](C(=O)O)c1ccccc1)c1cccc(F)c1F. The van der Waals surface area contributed by atoms with Crippen molar-refractivity contribution in [2.24, 2.45) is 0 Å². The van der Waals surface area contributed by atoms with Crippen molar-refractivity contribution in [1.82, 2.24) is 5.32 Å². The molecule has 0 bridgehead atoms. The van der Waals surface area contributed by atoms with Crippen molar-refractivity contribution in [2.75, 3.05) is 0 Å². The van der Waals surface area contributed by atoms with Crippen LogP contribution in [0.3, 0.4) is 0 Å². The maximum atomic E-state index is 13.5. The molecule has 0 spiro atoms. The molecule has 0 radical (unpaired) electrons. The topological polar surface area (TPSA) is 66.4 Å². The first-order valence-electron chi connectivity index (χ1n) is 6.03. The summed E-state index contributed by atoms with van der Waals surface area (Å²) in [5, 5.41) is 11.3. The Morgan fingerprint density at radius 2 is 1.67 bits per heavy atom. The number of carboxylic acids is 1. The average Bonchev–Trinajstić information content (AvgIpc) is 2.48. The Labute approximate surface area is 119 Å². The van der Waals surface area contributed by atoms with Crippen LogP contribution < -0.4 is 5.32 Å². The van der Waals surface area contributed by atoms with E-state index in [1.165, 1.54) is 18.2 Å². The molecule has 0 aromatic heterocycles. The van der Waals surface area contributed by atoms with Crippen LogP contribution in [0.5, 0.6) is 0 Å². The van der Waals surface area contributed by atoms with Crippen molar-refractivity contribution in [3.05, 3.63) is 71.3 Å². The number of carboxylic acid groups (broad SMARTS) is 1. The largest absolute Gasteiger partial charge is 0.479 e. The minimum atomic E-state index is -1.35. The lowest BCUT2D eigenvalue weighted by molar-refractivity contribution is -0.139. The Morgan fingerprint density at radius 3 is 2.29 bits per heavy atom. The predicted molar refractivity (Wildman–Crippen MR) is 70.6 cm³/mol. The van der Waals surface area contributed by atoms with Gasteiger partial charge in [0.2, 0.25) is 0 Å². The number of carbonyl (C=O) groups is 2. The standard InChI is InChI=1S/C15H11F2NO3/c16-11-8-4-7-10(12(11)17)14(19)18-13(15(20)21)9-5-2-1-3-6-9/h1-8,13H,(H,18,19)(H,20,21)/t13-/m1/s1. The number of hydrogen-bond donors (Lipinski definition) is 2. The normalized spacial score (nSPS) is 11.7. The molecule has 0 unspecified atom stereocenters. The minimum absolute atomic E-state index is 0.329. The molecule has 6 heteroatoms. The van der Waals surface area contributed by atoms with Crippen molar-refractivity contribution in [2.45, 2.75) is 6.04 Å². The smallest absolute Gasteiger partial charge is 0.330 e. The molecule has 21 heavy (non-hydrogen) atoms. The van der Waals surface area contributed by atoms with Gasteiger partial charge in [0.25, 0.3) is 5.91 Å². The fourth-order valence-corrected chi connectivity index (χ4v) is 1.82. The highest BCUT2D eigenvalue weighted by atomic mass is 19.2. The molecule has 2 aromatic rings. The van der Waals surface area contributed by atoms with Crippen LogP contribution in [0.2, 0.25) is 0 Å². The van der Waals surface area contributed by atoms with Gasteiger partial charge in [-0.2, -0.15) is 0 Å². The van der Waals surface area contributed by atoms with Crippen LogP contribution in [0, 0.1) is 11.6 Å². The molecule has 2 N–H and O–H groups in total. The molecule has 0 saturated carbocycles. The summed E-state index contributed by atoms with van der Waals surface area (Å²) in [5.41, 5.74) is -0.215. The van der Waals surface area contributed by atoms with Crippen molar-refractivity contribution >= 4 is 11.9 Å². The monoisotopic (exact) mass is 291 g/mol. The van der Waals surface area contributed by atoms with Crippen molar-refractivity contribution < 1.29 is 23.5 Å². The highest BCUT2D eigenvalue weighted by Crippen LogP contribution is 2.16. The van der Waals surface area contributed by atoms with Gasteiger partial charge in [0.05, 0.1) is 5.56 Å². The van der Waals surface area contributed by atoms with E-state index in [1.807, 2.05) is 0 Å². The molecular weight excluding hydrogens is 280 g/mol. The fraction of sp³-hybridized carbons (Fsp3) is 0.0667. The molecule has 0 fully saturated rings. The number of aliphatic carboxylic acids is 1. The average molecular weight is 291 g/mol. The van der Waals surface area contributed by atoms with Gasteiger partial charge in [-0.25, -0.2) is 13.6 Å². The zero-order valence-electron chi connectivity index (χ0n) is 10.7. The van der Waals surface area contributed by atoms with Gasteiger partial charge in [-0.3, -0.25) is 4.79 Å². The number of benzene rings is 2. The van der Waals surface area contributed by atoms with E-state index in [2.05, 4.69) is 5.32 Å². The second kappa shape index (κ2) is 6.13. The highest BCUT2D eigenvalue weighted by Gasteiger charge is 2.24. The summed E-state index contributed by atoms with van der Waals surface area (Å²) in [6.07, 6.45) is 0. The van der Waals surface area contributed by atoms with Gasteiger partial charge >= 0.3 is 5.97 Å². The summed E-state index contributed by atoms with van der Waals surface area (Å²) in [4.78, 5) is 23.2. The summed E-state index contributed by atoms with van der Waals surface area (Å²) in [7, 11) is 0. The van der Waals surface area contributed by atoms with E-state index in [9.17, 15) is 18.4 Å². The van der Waals surface area contributed by atoms with Crippen molar-refractivity contribution in [1.29, 1.82) is 0 Å². The zero-order chi connectivity index (χ0) is 15.4. The van der Waals surface area contributed by atoms with Gasteiger partial charge in [-0.05, 0) is 17.7 Å². The summed E-state index contributed by atoms with van der Waals surface area (Å²) < 4.78 is 26.6. The Morgan fingerprint density at radius 1 is 1.00 bits per heavy atom. The molecule has 108 valence electrons. The Kier molecular flexibility index (Phi) is 4.27. The van der Waals surface area contributed by atoms with Crippen molar-refractivity contribution in [3.8, 4) is 0 Å². The molecule has 2 rings (SSSR count). The number of hydrogen-bond acceptors (Lipinski definition) is 2. The van der Waals surface area contributed by atoms with Gasteiger partial charge in [-0.15, -0.1) is 0 Å². The van der Waals surface area contributed by atoms with Crippen LogP contribution in [0.1, 0.15) is 22.0 Å². The van der Waals surface area contributed by atoms with Crippen LogP contribution in [0.25, 0.3) is 0 Å². The second-order valence-electron chi connectivity index (χ2n) is 4.26. The predicted octanol–water partition coefficient (Wildman–Crippen LogP) is 2.52. The van der Waals surface area contributed by atoms with E-state index in [4.69, 9.17) is 5.11 Å². The summed E-state index contributed by atoms with van der Waals surface area (Å²) in [6, 6.07) is 9.72. The molecule has 1 atom stereocenters. The molecular formula is C15H11F2NO3. The summed E-state index contributed by atoms with van der Waals surface area (Å²) in [5.74, 6) is -4.78. The lowest BCUT2D eigenvalue weighted by Crippen LogP contribution is -2.34. The third-order valence-corrected chi connectivity index (χ3v) is 2.85. The van der Waals surface area contributed by atoms with Gasteiger partial charge in [0.1, 0.15) is 0 Å². The Hall–Kier alpha value is -2.76. The highest BCUT2D eigenvalue weighted by molar-refractivity contribution is 5.97. The van der Waals surface area contributed by atoms with Crippen LogP contribution in [0.15, 0.2) is 48.5 Å². The maximum absolute atomic E-state index is 13.5. The van der Waals surface area contributed by atoms with E-state index in [0.29, 0.717) is 5.56 Å². The van der Waals surface area contributed by atoms with E-state index < -0.39 is 35.1 Å². The van der Waals surface area contributed by atoms with E-state index in [0.717, 1.165) is 12.1 Å². The second-order valence-corrected chi connectivity index (χ2v) is 4.26. The van der Waals surface area contributed by atoms with Crippen LogP contribution in [-0.4, -0.2) is 17.0 Å². The number of nitrogens with one attached hydrogen (secondary N) is 1. The first-order chi connectivity index (χ1) is 10.0. The molecule has 0 heterocycles. The Bertz CT molecular complexity index is 674. The van der Waals surface area contributed by atoms with Gasteiger partial charge in [0, 0.05) is 0 Å². The van der Waals surface area contributed by atoms with Crippen LogP contribution >= 0.6 is 0 Å². The third-order valence-electron chi connectivity index (χ3n) is 2.85. The molecule has 4 nitrogen and oxygen atoms in total. The molecule has 0 aliphatic rings.